The standard InChI is InChI=1S/C34H40N2O5/c1-39-29-14-8-11-27(21-29)24-36(33(37)18-16-26-15-17-31-32(23-26)41-20-19-40-31)30(22-25-9-4-2-5-10-25)34(38)35-28-12-6-3-7-13-28/h2,4-5,8-11,14-15,17,21,23,28,30H,3,6-7,12-13,16,18-20,22,24H2,1H3,(H,35,38)/t30-/m0/s1. The Balaban J connectivity index is 1.40. The summed E-state index contributed by atoms with van der Waals surface area (Å²) in [6.07, 6.45) is 6.67. The molecule has 0 bridgehead atoms. The first kappa shape index (κ1) is 28.5. The molecule has 1 N–H and O–H groups in total. The van der Waals surface area contributed by atoms with Gasteiger partial charge in [-0.1, -0.05) is 67.8 Å². The molecule has 5 rings (SSSR count). The van der Waals surface area contributed by atoms with E-state index < -0.39 is 6.04 Å². The number of ether oxygens (including phenoxy) is 3. The van der Waals surface area contributed by atoms with Gasteiger partial charge in [0, 0.05) is 25.4 Å². The van der Waals surface area contributed by atoms with Crippen molar-refractivity contribution in [1.82, 2.24) is 10.2 Å². The number of benzene rings is 3. The fraction of sp³-hybridized carbons (Fsp3) is 0.412. The lowest BCUT2D eigenvalue weighted by atomic mass is 9.94. The molecule has 1 fully saturated rings. The highest BCUT2D eigenvalue weighted by molar-refractivity contribution is 5.88. The van der Waals surface area contributed by atoms with Crippen LogP contribution in [0.15, 0.2) is 72.8 Å². The molecule has 2 aliphatic rings. The molecule has 3 aromatic carbocycles. The van der Waals surface area contributed by atoms with E-state index >= 15 is 0 Å². The highest BCUT2D eigenvalue weighted by Gasteiger charge is 2.32. The molecule has 0 radical (unpaired) electrons. The number of rotatable bonds is 11. The minimum Gasteiger partial charge on any atom is -0.497 e. The van der Waals surface area contributed by atoms with Crippen LogP contribution in [0.3, 0.4) is 0 Å². The van der Waals surface area contributed by atoms with E-state index in [0.717, 1.165) is 53.9 Å². The predicted molar refractivity (Wildman–Crippen MR) is 158 cm³/mol. The summed E-state index contributed by atoms with van der Waals surface area (Å²) in [6.45, 7) is 1.36. The highest BCUT2D eigenvalue weighted by Crippen LogP contribution is 2.31. The smallest absolute Gasteiger partial charge is 0.243 e. The van der Waals surface area contributed by atoms with Gasteiger partial charge >= 0.3 is 0 Å². The summed E-state index contributed by atoms with van der Waals surface area (Å²) in [7, 11) is 1.63. The van der Waals surface area contributed by atoms with Crippen molar-refractivity contribution in [2.45, 2.75) is 70.0 Å². The van der Waals surface area contributed by atoms with Crippen molar-refractivity contribution in [3.8, 4) is 17.2 Å². The van der Waals surface area contributed by atoms with Crippen molar-refractivity contribution >= 4 is 11.8 Å². The Morgan fingerprint density at radius 2 is 1.63 bits per heavy atom. The van der Waals surface area contributed by atoms with Gasteiger partial charge in [-0.3, -0.25) is 9.59 Å². The first-order valence-electron chi connectivity index (χ1n) is 14.7. The second-order valence-corrected chi connectivity index (χ2v) is 10.9. The predicted octanol–water partition coefficient (Wildman–Crippen LogP) is 5.49. The molecule has 1 aliphatic heterocycles. The third kappa shape index (κ3) is 7.81. The van der Waals surface area contributed by atoms with Crippen molar-refractivity contribution in [1.29, 1.82) is 0 Å². The first-order chi connectivity index (χ1) is 20.1. The van der Waals surface area contributed by atoms with Crippen LogP contribution in [0.4, 0.5) is 0 Å². The molecule has 41 heavy (non-hydrogen) atoms. The quantitative estimate of drug-likeness (QED) is 0.338. The first-order valence-corrected chi connectivity index (χ1v) is 14.7. The van der Waals surface area contributed by atoms with Crippen LogP contribution in [0.2, 0.25) is 0 Å². The zero-order chi connectivity index (χ0) is 28.4. The van der Waals surface area contributed by atoms with E-state index in [9.17, 15) is 9.59 Å². The summed E-state index contributed by atoms with van der Waals surface area (Å²) in [6, 6.07) is 23.0. The average molecular weight is 557 g/mol. The third-order valence-corrected chi connectivity index (χ3v) is 7.94. The Labute approximate surface area is 242 Å². The van der Waals surface area contributed by atoms with Gasteiger partial charge < -0.3 is 24.4 Å². The van der Waals surface area contributed by atoms with Crippen molar-refractivity contribution < 1.29 is 23.8 Å². The normalized spacial score (nSPS) is 15.5. The molecule has 1 saturated carbocycles. The monoisotopic (exact) mass is 556 g/mol. The van der Waals surface area contributed by atoms with E-state index in [4.69, 9.17) is 14.2 Å². The number of aryl methyl sites for hydroxylation is 1. The largest absolute Gasteiger partial charge is 0.497 e. The average Bonchev–Trinajstić information content (AvgIpc) is 3.02. The van der Waals surface area contributed by atoms with Gasteiger partial charge in [-0.2, -0.15) is 0 Å². The van der Waals surface area contributed by atoms with Crippen LogP contribution < -0.4 is 19.5 Å². The molecule has 1 aliphatic carbocycles. The second kappa shape index (κ2) is 14.1. The van der Waals surface area contributed by atoms with Gasteiger partial charge in [-0.15, -0.1) is 0 Å². The van der Waals surface area contributed by atoms with Crippen molar-refractivity contribution in [2.24, 2.45) is 0 Å². The lowest BCUT2D eigenvalue weighted by Gasteiger charge is -2.33. The van der Waals surface area contributed by atoms with Crippen molar-refractivity contribution in [2.75, 3.05) is 20.3 Å². The Morgan fingerprint density at radius 3 is 2.41 bits per heavy atom. The molecule has 7 heteroatoms. The molecule has 216 valence electrons. The summed E-state index contributed by atoms with van der Waals surface area (Å²) in [4.78, 5) is 29.8. The van der Waals surface area contributed by atoms with Crippen molar-refractivity contribution in [3.05, 3.63) is 89.5 Å². The number of methoxy groups -OCH3 is 1. The van der Waals surface area contributed by atoms with E-state index in [0.29, 0.717) is 38.3 Å². The number of hydrogen-bond acceptors (Lipinski definition) is 5. The lowest BCUT2D eigenvalue weighted by Crippen LogP contribution is -2.52. The number of carbonyl (C=O) groups excluding carboxylic acids is 2. The van der Waals surface area contributed by atoms with Crippen LogP contribution in [0.1, 0.15) is 55.2 Å². The highest BCUT2D eigenvalue weighted by atomic mass is 16.6. The minimum absolute atomic E-state index is 0.0672. The van der Waals surface area contributed by atoms with Gasteiger partial charge in [0.15, 0.2) is 11.5 Å². The van der Waals surface area contributed by atoms with Gasteiger partial charge in [0.25, 0.3) is 0 Å². The molecule has 0 spiro atoms. The summed E-state index contributed by atoms with van der Waals surface area (Å²) < 4.78 is 16.8. The summed E-state index contributed by atoms with van der Waals surface area (Å²) >= 11 is 0. The topological polar surface area (TPSA) is 77.1 Å². The summed E-state index contributed by atoms with van der Waals surface area (Å²) in [5.41, 5.74) is 2.93. The van der Waals surface area contributed by atoms with Gasteiger partial charge in [0.2, 0.25) is 11.8 Å². The number of nitrogens with zero attached hydrogens (tertiary/aromatic N) is 1. The number of amides is 2. The molecule has 0 saturated heterocycles. The number of nitrogens with one attached hydrogen (secondary N) is 1. The SMILES string of the molecule is COc1cccc(CN(C(=O)CCc2ccc3c(c2)OCCO3)[C@@H](Cc2ccccc2)C(=O)NC2CCCCC2)c1. The fourth-order valence-corrected chi connectivity index (χ4v) is 5.70. The maximum absolute atomic E-state index is 14.1. The Morgan fingerprint density at radius 1 is 0.878 bits per heavy atom. The second-order valence-electron chi connectivity index (χ2n) is 10.9. The van der Waals surface area contributed by atoms with E-state index in [-0.39, 0.29) is 24.3 Å². The van der Waals surface area contributed by atoms with Crippen LogP contribution >= 0.6 is 0 Å². The maximum atomic E-state index is 14.1. The van der Waals surface area contributed by atoms with Crippen LogP contribution in [0.5, 0.6) is 17.2 Å². The number of fused-ring (bicyclic) bond motifs is 1. The molecule has 3 aromatic rings. The van der Waals surface area contributed by atoms with Crippen LogP contribution in [0.25, 0.3) is 0 Å². The lowest BCUT2D eigenvalue weighted by molar-refractivity contribution is -0.141. The van der Waals surface area contributed by atoms with Crippen LogP contribution in [-0.2, 0) is 29.0 Å². The summed E-state index contributed by atoms with van der Waals surface area (Å²) in [5.74, 6) is 2.01. The third-order valence-electron chi connectivity index (χ3n) is 7.94. The van der Waals surface area contributed by atoms with Crippen LogP contribution in [0, 0.1) is 0 Å². The number of carbonyl (C=O) groups is 2. The van der Waals surface area contributed by atoms with E-state index in [2.05, 4.69) is 5.32 Å². The molecule has 0 aromatic heterocycles. The van der Waals surface area contributed by atoms with E-state index in [1.54, 1.807) is 12.0 Å². The Kier molecular flexibility index (Phi) is 9.78. The van der Waals surface area contributed by atoms with Gasteiger partial charge in [-0.05, 0) is 60.2 Å². The molecule has 1 atom stereocenters. The van der Waals surface area contributed by atoms with Crippen LogP contribution in [-0.4, -0.2) is 49.1 Å². The Bertz CT molecular complexity index is 1310. The summed E-state index contributed by atoms with van der Waals surface area (Å²) in [5, 5.41) is 3.30. The van der Waals surface area contributed by atoms with Gasteiger partial charge in [0.1, 0.15) is 25.0 Å². The van der Waals surface area contributed by atoms with Gasteiger partial charge in [-0.25, -0.2) is 0 Å². The zero-order valence-corrected chi connectivity index (χ0v) is 23.8. The minimum atomic E-state index is -0.640. The maximum Gasteiger partial charge on any atom is 0.243 e. The molecule has 7 nitrogen and oxygen atoms in total. The Hall–Kier alpha value is -4.00. The van der Waals surface area contributed by atoms with Crippen molar-refractivity contribution in [3.63, 3.8) is 0 Å². The zero-order valence-electron chi connectivity index (χ0n) is 23.8. The fourth-order valence-electron chi connectivity index (χ4n) is 5.70. The molecule has 1 heterocycles. The van der Waals surface area contributed by atoms with E-state index in [1.807, 2.05) is 72.8 Å². The molecule has 0 unspecified atom stereocenters. The van der Waals surface area contributed by atoms with Gasteiger partial charge in [0.05, 0.1) is 7.11 Å². The van der Waals surface area contributed by atoms with E-state index in [1.165, 1.54) is 6.42 Å². The molecular formula is C34H40N2O5. The molecular weight excluding hydrogens is 516 g/mol. The molecule has 2 amide bonds. The number of hydrogen-bond donors (Lipinski definition) is 1.